The molecule has 0 aromatic heterocycles. The molecule has 0 fully saturated rings. The van der Waals surface area contributed by atoms with Gasteiger partial charge in [0.15, 0.2) is 5.11 Å². The third-order valence-corrected chi connectivity index (χ3v) is 4.85. The van der Waals surface area contributed by atoms with E-state index in [1.807, 2.05) is 0 Å². The summed E-state index contributed by atoms with van der Waals surface area (Å²) in [5.74, 6) is -0.775. The summed E-state index contributed by atoms with van der Waals surface area (Å²) in [5, 5.41) is 9.47. The van der Waals surface area contributed by atoms with Crippen molar-refractivity contribution >= 4 is 75.3 Å². The van der Waals surface area contributed by atoms with Crippen LogP contribution in [0.1, 0.15) is 20.7 Å². The maximum Gasteiger partial charge on any atom is 0.257 e. The summed E-state index contributed by atoms with van der Waals surface area (Å²) >= 11 is 23.0. The van der Waals surface area contributed by atoms with Crippen LogP contribution < -0.4 is 16.0 Å². The van der Waals surface area contributed by atoms with Crippen LogP contribution in [0.3, 0.4) is 0 Å². The topological polar surface area (TPSA) is 70.2 Å². The summed E-state index contributed by atoms with van der Waals surface area (Å²) in [7, 11) is 0. The maximum absolute atomic E-state index is 12.5. The van der Waals surface area contributed by atoms with Crippen LogP contribution in [0.15, 0.2) is 66.7 Å². The fraction of sp³-hybridized carbons (Fsp3) is 0. The summed E-state index contributed by atoms with van der Waals surface area (Å²) in [5.41, 5.74) is 1.77. The number of nitrogens with one attached hydrogen (secondary N) is 3. The molecule has 0 aliphatic carbocycles. The molecule has 2 amide bonds. The molecule has 3 aromatic carbocycles. The molecule has 152 valence electrons. The first-order valence-corrected chi connectivity index (χ1v) is 10.1. The zero-order valence-electron chi connectivity index (χ0n) is 15.2. The summed E-state index contributed by atoms with van der Waals surface area (Å²) in [6, 6.07) is 18.0. The minimum atomic E-state index is -0.392. The minimum absolute atomic E-state index is 0.101. The second-order valence-corrected chi connectivity index (χ2v) is 7.77. The summed E-state index contributed by atoms with van der Waals surface area (Å²) < 4.78 is 0. The number of carbonyl (C=O) groups excluding carboxylic acids is 2. The van der Waals surface area contributed by atoms with Gasteiger partial charge in [-0.05, 0) is 66.8 Å². The van der Waals surface area contributed by atoms with Gasteiger partial charge >= 0.3 is 0 Å². The molecule has 0 spiro atoms. The largest absolute Gasteiger partial charge is 0.332 e. The van der Waals surface area contributed by atoms with E-state index in [1.165, 1.54) is 12.1 Å². The molecule has 9 heteroatoms. The van der Waals surface area contributed by atoms with Crippen LogP contribution in [0.5, 0.6) is 0 Å². The highest BCUT2D eigenvalue weighted by molar-refractivity contribution is 7.80. The zero-order chi connectivity index (χ0) is 21.7. The highest BCUT2D eigenvalue weighted by Crippen LogP contribution is 2.23. The van der Waals surface area contributed by atoms with E-state index in [0.717, 1.165) is 0 Å². The van der Waals surface area contributed by atoms with Gasteiger partial charge in [-0.15, -0.1) is 0 Å². The number of amides is 2. The highest BCUT2D eigenvalue weighted by atomic mass is 35.5. The second-order valence-electron chi connectivity index (χ2n) is 6.08. The Morgan fingerprint density at radius 1 is 0.733 bits per heavy atom. The summed E-state index contributed by atoms with van der Waals surface area (Å²) in [6.45, 7) is 0. The molecule has 3 rings (SSSR count). The monoisotopic (exact) mass is 477 g/mol. The number of hydrogen-bond donors (Lipinski definition) is 3. The van der Waals surface area contributed by atoms with Crippen LogP contribution in [-0.2, 0) is 0 Å². The van der Waals surface area contributed by atoms with Crippen molar-refractivity contribution in [2.45, 2.75) is 0 Å². The number of carbonyl (C=O) groups is 2. The number of rotatable bonds is 4. The molecule has 0 saturated heterocycles. The number of anilines is 2. The number of hydrogen-bond acceptors (Lipinski definition) is 3. The quantitative estimate of drug-likeness (QED) is 0.401. The Morgan fingerprint density at radius 3 is 2.10 bits per heavy atom. The average molecular weight is 479 g/mol. The van der Waals surface area contributed by atoms with Gasteiger partial charge in [-0.25, -0.2) is 0 Å². The van der Waals surface area contributed by atoms with E-state index in [9.17, 15) is 9.59 Å². The van der Waals surface area contributed by atoms with Gasteiger partial charge in [-0.2, -0.15) is 0 Å². The van der Waals surface area contributed by atoms with Gasteiger partial charge in [0, 0.05) is 27.0 Å². The minimum Gasteiger partial charge on any atom is -0.332 e. The fourth-order valence-electron chi connectivity index (χ4n) is 2.51. The van der Waals surface area contributed by atoms with Crippen LogP contribution in [0.25, 0.3) is 0 Å². The lowest BCUT2D eigenvalue weighted by Gasteiger charge is -2.12. The fourth-order valence-corrected chi connectivity index (χ4v) is 3.41. The van der Waals surface area contributed by atoms with Crippen molar-refractivity contribution in [3.05, 3.63) is 92.9 Å². The summed E-state index contributed by atoms with van der Waals surface area (Å²) in [4.78, 5) is 24.7. The molecule has 30 heavy (non-hydrogen) atoms. The van der Waals surface area contributed by atoms with E-state index < -0.39 is 5.91 Å². The Balaban J connectivity index is 1.64. The van der Waals surface area contributed by atoms with Crippen molar-refractivity contribution in [1.29, 1.82) is 0 Å². The molecular formula is C21H14Cl3N3O2S. The van der Waals surface area contributed by atoms with Crippen LogP contribution in [-0.4, -0.2) is 16.9 Å². The SMILES string of the molecule is O=C(NC(=S)Nc1cccc(NC(=O)c2ccc(Cl)cc2Cl)c1)c1cccc(Cl)c1. The first-order valence-electron chi connectivity index (χ1n) is 8.56. The third kappa shape index (κ3) is 5.93. The molecule has 3 N–H and O–H groups in total. The molecular weight excluding hydrogens is 465 g/mol. The summed E-state index contributed by atoms with van der Waals surface area (Å²) in [6.07, 6.45) is 0. The Morgan fingerprint density at radius 2 is 1.40 bits per heavy atom. The van der Waals surface area contributed by atoms with E-state index in [-0.39, 0.29) is 16.0 Å². The Hall–Kier alpha value is -2.64. The Kier molecular flexibility index (Phi) is 7.29. The normalized spacial score (nSPS) is 10.2. The van der Waals surface area contributed by atoms with E-state index in [2.05, 4.69) is 16.0 Å². The highest BCUT2D eigenvalue weighted by Gasteiger charge is 2.12. The predicted molar refractivity (Wildman–Crippen MR) is 126 cm³/mol. The van der Waals surface area contributed by atoms with E-state index in [1.54, 1.807) is 54.6 Å². The lowest BCUT2D eigenvalue weighted by molar-refractivity contribution is 0.0976. The van der Waals surface area contributed by atoms with Gasteiger partial charge in [0.1, 0.15) is 0 Å². The van der Waals surface area contributed by atoms with Crippen molar-refractivity contribution in [2.75, 3.05) is 10.6 Å². The third-order valence-electron chi connectivity index (χ3n) is 3.87. The Bertz CT molecular complexity index is 1140. The van der Waals surface area contributed by atoms with Gasteiger partial charge in [-0.1, -0.05) is 46.9 Å². The van der Waals surface area contributed by atoms with E-state index in [0.29, 0.717) is 32.5 Å². The van der Waals surface area contributed by atoms with E-state index >= 15 is 0 Å². The lowest BCUT2D eigenvalue weighted by atomic mass is 10.2. The standard InChI is InChI=1S/C21H14Cl3N3O2S/c22-13-4-1-3-12(9-13)19(28)27-21(30)26-16-6-2-5-15(11-16)25-20(29)17-8-7-14(23)10-18(17)24/h1-11H,(H,25,29)(H2,26,27,28,30). The van der Waals surface area contributed by atoms with Crippen LogP contribution in [0.2, 0.25) is 15.1 Å². The molecule has 3 aromatic rings. The van der Waals surface area contributed by atoms with Crippen molar-refractivity contribution in [3.8, 4) is 0 Å². The molecule has 0 aliphatic heterocycles. The zero-order valence-corrected chi connectivity index (χ0v) is 18.3. The molecule has 0 heterocycles. The molecule has 0 unspecified atom stereocenters. The van der Waals surface area contributed by atoms with Gasteiger partial charge in [0.05, 0.1) is 10.6 Å². The van der Waals surface area contributed by atoms with Gasteiger partial charge in [0.25, 0.3) is 11.8 Å². The maximum atomic E-state index is 12.5. The molecule has 0 aliphatic rings. The van der Waals surface area contributed by atoms with Crippen molar-refractivity contribution in [1.82, 2.24) is 5.32 Å². The van der Waals surface area contributed by atoms with Crippen LogP contribution in [0, 0.1) is 0 Å². The van der Waals surface area contributed by atoms with Crippen LogP contribution >= 0.6 is 47.0 Å². The first kappa shape index (κ1) is 22.1. The first-order chi connectivity index (χ1) is 14.3. The van der Waals surface area contributed by atoms with Gasteiger partial charge < -0.3 is 10.6 Å². The van der Waals surface area contributed by atoms with E-state index in [4.69, 9.17) is 47.0 Å². The van der Waals surface area contributed by atoms with Gasteiger partial charge in [-0.3, -0.25) is 14.9 Å². The molecule has 0 saturated carbocycles. The Labute approximate surface area is 193 Å². The smallest absolute Gasteiger partial charge is 0.257 e. The molecule has 0 atom stereocenters. The number of benzene rings is 3. The number of thiocarbonyl (C=S) groups is 1. The van der Waals surface area contributed by atoms with Crippen molar-refractivity contribution < 1.29 is 9.59 Å². The lowest BCUT2D eigenvalue weighted by Crippen LogP contribution is -2.34. The second kappa shape index (κ2) is 9.91. The number of halogens is 3. The predicted octanol–water partition coefficient (Wildman–Crippen LogP) is 6.03. The van der Waals surface area contributed by atoms with Crippen molar-refractivity contribution in [2.24, 2.45) is 0 Å². The average Bonchev–Trinajstić information content (AvgIpc) is 2.68. The molecule has 0 radical (unpaired) electrons. The molecule has 5 nitrogen and oxygen atoms in total. The van der Waals surface area contributed by atoms with Gasteiger partial charge in [0.2, 0.25) is 0 Å². The van der Waals surface area contributed by atoms with Crippen molar-refractivity contribution in [3.63, 3.8) is 0 Å². The molecule has 0 bridgehead atoms. The van der Waals surface area contributed by atoms with Crippen LogP contribution in [0.4, 0.5) is 11.4 Å².